The molecule has 3 amide bonds. The second kappa shape index (κ2) is 14.5. The molecule has 0 fully saturated rings. The van der Waals surface area contributed by atoms with Crippen molar-refractivity contribution in [3.8, 4) is 5.75 Å². The van der Waals surface area contributed by atoms with Gasteiger partial charge in [0.15, 0.2) is 0 Å². The SMILES string of the molecule is CC(C)C(NC(=O)C(Cc1ccc(O)cc1)NC(=O)C(CC(=O)O)NC(=O)C(N)Cc1ccccc1)C(=O)O. The third-order valence-corrected chi connectivity index (χ3v) is 5.89. The molecule has 0 heterocycles. The quantitative estimate of drug-likeness (QED) is 0.173. The number of aliphatic carboxylic acids is 2. The van der Waals surface area contributed by atoms with Gasteiger partial charge in [-0.25, -0.2) is 4.79 Å². The molecule has 0 spiro atoms. The number of hydrogen-bond acceptors (Lipinski definition) is 7. The predicted octanol–water partition coefficient (Wildman–Crippen LogP) is 0.174. The summed E-state index contributed by atoms with van der Waals surface area (Å²) in [6, 6.07) is 9.44. The lowest BCUT2D eigenvalue weighted by atomic mass is 10.0. The van der Waals surface area contributed by atoms with Crippen molar-refractivity contribution in [3.63, 3.8) is 0 Å². The fourth-order valence-electron chi connectivity index (χ4n) is 3.74. The highest BCUT2D eigenvalue weighted by Crippen LogP contribution is 2.13. The molecule has 0 radical (unpaired) electrons. The minimum Gasteiger partial charge on any atom is -0.508 e. The van der Waals surface area contributed by atoms with Gasteiger partial charge in [-0.1, -0.05) is 56.3 Å². The summed E-state index contributed by atoms with van der Waals surface area (Å²) in [5.74, 6) is -5.68. The van der Waals surface area contributed by atoms with Crippen molar-refractivity contribution in [2.24, 2.45) is 11.7 Å². The van der Waals surface area contributed by atoms with Crippen molar-refractivity contribution in [2.45, 2.75) is 57.3 Å². The van der Waals surface area contributed by atoms with E-state index in [1.54, 1.807) is 44.2 Å². The van der Waals surface area contributed by atoms with Crippen LogP contribution in [0.1, 0.15) is 31.4 Å². The summed E-state index contributed by atoms with van der Waals surface area (Å²) in [5, 5.41) is 35.5. The van der Waals surface area contributed by atoms with Crippen molar-refractivity contribution in [3.05, 3.63) is 65.7 Å². The summed E-state index contributed by atoms with van der Waals surface area (Å²) in [6.07, 6.45) is -0.748. The van der Waals surface area contributed by atoms with Crippen LogP contribution in [0.25, 0.3) is 0 Å². The number of amides is 3. The Bertz CT molecular complexity index is 1150. The molecular formula is C27H34N4O8. The number of carbonyl (C=O) groups is 5. The van der Waals surface area contributed by atoms with Crippen LogP contribution in [0.4, 0.5) is 0 Å². The number of phenols is 1. The summed E-state index contributed by atoms with van der Waals surface area (Å²) in [6.45, 7) is 3.20. The maximum absolute atomic E-state index is 13.1. The van der Waals surface area contributed by atoms with Crippen molar-refractivity contribution >= 4 is 29.7 Å². The van der Waals surface area contributed by atoms with Crippen LogP contribution in [0, 0.1) is 5.92 Å². The van der Waals surface area contributed by atoms with Gasteiger partial charge in [-0.2, -0.15) is 0 Å². The first-order valence-corrected chi connectivity index (χ1v) is 12.3. The van der Waals surface area contributed by atoms with Gasteiger partial charge in [0.05, 0.1) is 12.5 Å². The molecule has 12 nitrogen and oxygen atoms in total. The molecule has 0 aromatic heterocycles. The lowest BCUT2D eigenvalue weighted by molar-refractivity contribution is -0.144. The van der Waals surface area contributed by atoms with Crippen LogP contribution in [0.3, 0.4) is 0 Å². The molecule has 39 heavy (non-hydrogen) atoms. The van der Waals surface area contributed by atoms with Gasteiger partial charge in [-0.15, -0.1) is 0 Å². The van der Waals surface area contributed by atoms with Gasteiger partial charge in [0.2, 0.25) is 17.7 Å². The molecule has 4 atom stereocenters. The van der Waals surface area contributed by atoms with Crippen molar-refractivity contribution in [1.29, 1.82) is 0 Å². The number of rotatable bonds is 14. The number of carbonyl (C=O) groups excluding carboxylic acids is 3. The van der Waals surface area contributed by atoms with Crippen molar-refractivity contribution < 1.29 is 39.3 Å². The number of benzene rings is 2. The van der Waals surface area contributed by atoms with Crippen molar-refractivity contribution in [2.75, 3.05) is 0 Å². The molecule has 4 unspecified atom stereocenters. The molecule has 8 N–H and O–H groups in total. The smallest absolute Gasteiger partial charge is 0.326 e. The first kappa shape index (κ1) is 30.8. The molecule has 210 valence electrons. The Morgan fingerprint density at radius 2 is 1.28 bits per heavy atom. The Morgan fingerprint density at radius 3 is 1.82 bits per heavy atom. The summed E-state index contributed by atoms with van der Waals surface area (Å²) < 4.78 is 0. The number of carboxylic acids is 2. The average molecular weight is 543 g/mol. The van der Waals surface area contributed by atoms with E-state index in [1.165, 1.54) is 24.3 Å². The molecule has 12 heteroatoms. The first-order chi connectivity index (χ1) is 18.4. The zero-order valence-corrected chi connectivity index (χ0v) is 21.7. The number of aromatic hydroxyl groups is 1. The lowest BCUT2D eigenvalue weighted by Gasteiger charge is -2.25. The summed E-state index contributed by atoms with van der Waals surface area (Å²) in [5.41, 5.74) is 7.26. The minimum atomic E-state index is -1.56. The maximum Gasteiger partial charge on any atom is 0.326 e. The fraction of sp³-hybridized carbons (Fsp3) is 0.370. The minimum absolute atomic E-state index is 0.0226. The Morgan fingerprint density at radius 1 is 0.744 bits per heavy atom. The van der Waals surface area contributed by atoms with E-state index in [2.05, 4.69) is 16.0 Å². The molecule has 0 aliphatic rings. The van der Waals surface area contributed by atoms with E-state index in [0.717, 1.165) is 5.56 Å². The van der Waals surface area contributed by atoms with Crippen LogP contribution in [-0.4, -0.2) is 69.1 Å². The second-order valence-electron chi connectivity index (χ2n) is 9.46. The molecule has 2 rings (SSSR count). The number of carboxylic acid groups (broad SMARTS) is 2. The van der Waals surface area contributed by atoms with Crippen LogP contribution in [-0.2, 0) is 36.8 Å². The zero-order valence-electron chi connectivity index (χ0n) is 21.7. The Balaban J connectivity index is 2.23. The van der Waals surface area contributed by atoms with Gasteiger partial charge < -0.3 is 37.0 Å². The highest BCUT2D eigenvalue weighted by atomic mass is 16.4. The van der Waals surface area contributed by atoms with E-state index in [4.69, 9.17) is 5.73 Å². The zero-order chi connectivity index (χ0) is 29.1. The fourth-order valence-corrected chi connectivity index (χ4v) is 3.74. The topological polar surface area (TPSA) is 208 Å². The van der Waals surface area contributed by atoms with Gasteiger partial charge in [0.1, 0.15) is 23.9 Å². The van der Waals surface area contributed by atoms with E-state index in [1.807, 2.05) is 0 Å². The van der Waals surface area contributed by atoms with Crippen LogP contribution in [0.2, 0.25) is 0 Å². The van der Waals surface area contributed by atoms with E-state index < -0.39 is 66.2 Å². The molecule has 2 aromatic rings. The standard InChI is InChI=1S/C27H34N4O8/c1-15(2)23(27(38)39)31-26(37)20(13-17-8-10-18(32)11-9-17)30-25(36)21(14-22(33)34)29-24(35)19(28)12-16-6-4-3-5-7-16/h3-11,15,19-21,23,32H,12-14,28H2,1-2H3,(H,29,35)(H,30,36)(H,31,37)(H,33,34)(H,38,39). The largest absolute Gasteiger partial charge is 0.508 e. The molecule has 2 aromatic carbocycles. The third kappa shape index (κ3) is 10.1. The maximum atomic E-state index is 13.1. The van der Waals surface area contributed by atoms with Crippen LogP contribution >= 0.6 is 0 Å². The molecule has 0 saturated heterocycles. The lowest BCUT2D eigenvalue weighted by Crippen LogP contribution is -2.58. The Labute approximate surface area is 225 Å². The Kier molecular flexibility index (Phi) is 11.4. The normalized spacial score (nSPS) is 13.9. The number of nitrogens with one attached hydrogen (secondary N) is 3. The van der Waals surface area contributed by atoms with Gasteiger partial charge in [-0.3, -0.25) is 19.2 Å². The van der Waals surface area contributed by atoms with Crippen LogP contribution in [0.5, 0.6) is 5.75 Å². The second-order valence-corrected chi connectivity index (χ2v) is 9.46. The van der Waals surface area contributed by atoms with E-state index >= 15 is 0 Å². The number of hydrogen-bond donors (Lipinski definition) is 7. The summed E-state index contributed by atoms with van der Waals surface area (Å²) in [7, 11) is 0. The Hall–Kier alpha value is -4.45. The molecule has 0 aliphatic carbocycles. The monoisotopic (exact) mass is 542 g/mol. The molecule has 0 bridgehead atoms. The average Bonchev–Trinajstić information content (AvgIpc) is 2.87. The van der Waals surface area contributed by atoms with Gasteiger partial charge in [0.25, 0.3) is 0 Å². The molecule has 0 saturated carbocycles. The van der Waals surface area contributed by atoms with Crippen LogP contribution in [0.15, 0.2) is 54.6 Å². The van der Waals surface area contributed by atoms with Crippen molar-refractivity contribution in [1.82, 2.24) is 16.0 Å². The van der Waals surface area contributed by atoms with Gasteiger partial charge >= 0.3 is 11.9 Å². The molecule has 0 aliphatic heterocycles. The van der Waals surface area contributed by atoms with Gasteiger partial charge in [0, 0.05) is 6.42 Å². The third-order valence-electron chi connectivity index (χ3n) is 5.89. The highest BCUT2D eigenvalue weighted by Gasteiger charge is 2.32. The summed E-state index contributed by atoms with van der Waals surface area (Å²) in [4.78, 5) is 62.0. The van der Waals surface area contributed by atoms with E-state index in [0.29, 0.717) is 5.56 Å². The van der Waals surface area contributed by atoms with Gasteiger partial charge in [-0.05, 0) is 35.6 Å². The summed E-state index contributed by atoms with van der Waals surface area (Å²) >= 11 is 0. The first-order valence-electron chi connectivity index (χ1n) is 12.3. The highest BCUT2D eigenvalue weighted by molar-refractivity contribution is 5.95. The van der Waals surface area contributed by atoms with Crippen LogP contribution < -0.4 is 21.7 Å². The number of nitrogens with two attached hydrogens (primary N) is 1. The van der Waals surface area contributed by atoms with E-state index in [-0.39, 0.29) is 18.6 Å². The predicted molar refractivity (Wildman–Crippen MR) is 140 cm³/mol. The number of phenolic OH excluding ortho intramolecular Hbond substituents is 1. The van der Waals surface area contributed by atoms with E-state index in [9.17, 15) is 39.3 Å². The molecular weight excluding hydrogens is 508 g/mol.